The van der Waals surface area contributed by atoms with Crippen LogP contribution in [0.4, 0.5) is 0 Å². The van der Waals surface area contributed by atoms with Crippen molar-refractivity contribution in [2.45, 2.75) is 5.92 Å². The van der Waals surface area contributed by atoms with Gasteiger partial charge in [-0.25, -0.2) is 0 Å². The van der Waals surface area contributed by atoms with Gasteiger partial charge in [0, 0.05) is 49.7 Å². The molecule has 1 heterocycles. The van der Waals surface area contributed by atoms with Crippen LogP contribution in [0, 0.1) is 0 Å². The van der Waals surface area contributed by atoms with E-state index < -0.39 is 0 Å². The molecule has 0 spiro atoms. The van der Waals surface area contributed by atoms with Crippen LogP contribution in [-0.4, -0.2) is 56.1 Å². The van der Waals surface area contributed by atoms with Crippen molar-refractivity contribution in [1.29, 1.82) is 0 Å². The maximum Gasteiger partial charge on any atom is 0.0175 e. The number of halogens is 1. The highest BCUT2D eigenvalue weighted by molar-refractivity contribution is 9.10. The van der Waals surface area contributed by atoms with Crippen LogP contribution in [0.1, 0.15) is 11.5 Å². The highest BCUT2D eigenvalue weighted by Crippen LogP contribution is 2.19. The Kier molecular flexibility index (Phi) is 5.18. The SMILES string of the molecule is CN1CCN(CC(CN)c2ccc(Br)cc2)CC1. The van der Waals surface area contributed by atoms with Crippen molar-refractivity contribution in [2.24, 2.45) is 5.73 Å². The van der Waals surface area contributed by atoms with Gasteiger partial charge in [-0.1, -0.05) is 28.1 Å². The quantitative estimate of drug-likeness (QED) is 0.919. The molecular weight excluding hydrogens is 290 g/mol. The molecule has 4 heteroatoms. The van der Waals surface area contributed by atoms with Gasteiger partial charge in [-0.05, 0) is 24.7 Å². The van der Waals surface area contributed by atoms with E-state index in [2.05, 4.69) is 57.0 Å². The maximum atomic E-state index is 5.94. The van der Waals surface area contributed by atoms with Crippen LogP contribution in [0.25, 0.3) is 0 Å². The molecule has 3 nitrogen and oxygen atoms in total. The number of benzene rings is 1. The summed E-state index contributed by atoms with van der Waals surface area (Å²) in [5.41, 5.74) is 7.29. The van der Waals surface area contributed by atoms with Crippen LogP contribution >= 0.6 is 15.9 Å². The Bertz CT molecular complexity index is 358. The molecule has 0 aliphatic carbocycles. The van der Waals surface area contributed by atoms with Crippen molar-refractivity contribution in [2.75, 3.05) is 46.3 Å². The van der Waals surface area contributed by atoms with E-state index in [1.54, 1.807) is 0 Å². The van der Waals surface area contributed by atoms with Crippen LogP contribution in [0.3, 0.4) is 0 Å². The number of piperazine rings is 1. The normalized spacial score (nSPS) is 19.9. The van der Waals surface area contributed by atoms with Crippen LogP contribution in [0.5, 0.6) is 0 Å². The van der Waals surface area contributed by atoms with Gasteiger partial charge in [0.1, 0.15) is 0 Å². The summed E-state index contributed by atoms with van der Waals surface area (Å²) in [7, 11) is 2.19. The summed E-state index contributed by atoms with van der Waals surface area (Å²) in [6.45, 7) is 6.43. The Balaban J connectivity index is 1.94. The fourth-order valence-corrected chi connectivity index (χ4v) is 2.66. The monoisotopic (exact) mass is 311 g/mol. The first-order chi connectivity index (χ1) is 8.69. The third-order valence-corrected chi connectivity index (χ3v) is 4.23. The average molecular weight is 312 g/mol. The molecule has 1 aromatic rings. The van der Waals surface area contributed by atoms with Crippen LogP contribution < -0.4 is 5.73 Å². The minimum Gasteiger partial charge on any atom is -0.330 e. The van der Waals surface area contributed by atoms with Crippen molar-refractivity contribution in [3.05, 3.63) is 34.3 Å². The summed E-state index contributed by atoms with van der Waals surface area (Å²) in [6, 6.07) is 8.55. The minimum absolute atomic E-state index is 0.446. The van der Waals surface area contributed by atoms with Gasteiger partial charge in [-0.2, -0.15) is 0 Å². The van der Waals surface area contributed by atoms with E-state index in [4.69, 9.17) is 5.73 Å². The van der Waals surface area contributed by atoms with E-state index in [1.165, 1.54) is 5.56 Å². The summed E-state index contributed by atoms with van der Waals surface area (Å²) >= 11 is 3.47. The summed E-state index contributed by atoms with van der Waals surface area (Å²) in [5.74, 6) is 0.446. The molecule has 1 saturated heterocycles. The molecule has 18 heavy (non-hydrogen) atoms. The summed E-state index contributed by atoms with van der Waals surface area (Å²) in [4.78, 5) is 4.91. The molecule has 0 saturated carbocycles. The molecule has 2 N–H and O–H groups in total. The predicted octanol–water partition coefficient (Wildman–Crippen LogP) is 1.74. The molecule has 1 aliphatic heterocycles. The van der Waals surface area contributed by atoms with Crippen molar-refractivity contribution in [3.63, 3.8) is 0 Å². The van der Waals surface area contributed by atoms with Gasteiger partial charge in [-0.3, -0.25) is 0 Å². The van der Waals surface area contributed by atoms with Crippen molar-refractivity contribution in [1.82, 2.24) is 9.80 Å². The van der Waals surface area contributed by atoms with Crippen molar-refractivity contribution < 1.29 is 0 Å². The van der Waals surface area contributed by atoms with Crippen LogP contribution in [-0.2, 0) is 0 Å². The zero-order chi connectivity index (χ0) is 13.0. The van der Waals surface area contributed by atoms with Gasteiger partial charge in [-0.15, -0.1) is 0 Å². The van der Waals surface area contributed by atoms with Gasteiger partial charge in [0.2, 0.25) is 0 Å². The Morgan fingerprint density at radius 3 is 2.33 bits per heavy atom. The molecule has 1 atom stereocenters. The van der Waals surface area contributed by atoms with Gasteiger partial charge in [0.05, 0.1) is 0 Å². The van der Waals surface area contributed by atoms with Gasteiger partial charge < -0.3 is 15.5 Å². The van der Waals surface area contributed by atoms with Crippen molar-refractivity contribution in [3.8, 4) is 0 Å². The fraction of sp³-hybridized carbons (Fsp3) is 0.571. The molecule has 0 aromatic heterocycles. The third-order valence-electron chi connectivity index (χ3n) is 3.70. The summed E-state index contributed by atoms with van der Waals surface area (Å²) in [6.07, 6.45) is 0. The second kappa shape index (κ2) is 6.66. The average Bonchev–Trinajstić information content (AvgIpc) is 2.39. The molecule has 1 unspecified atom stereocenters. The Hall–Kier alpha value is -0.420. The third kappa shape index (κ3) is 3.79. The predicted molar refractivity (Wildman–Crippen MR) is 79.9 cm³/mol. The van der Waals surface area contributed by atoms with Crippen LogP contribution in [0.15, 0.2) is 28.7 Å². The Morgan fingerprint density at radius 2 is 1.78 bits per heavy atom. The lowest BCUT2D eigenvalue weighted by Gasteiger charge is -2.34. The van der Waals surface area contributed by atoms with E-state index in [1.807, 2.05) is 0 Å². The highest BCUT2D eigenvalue weighted by Gasteiger charge is 2.18. The van der Waals surface area contributed by atoms with E-state index in [-0.39, 0.29) is 0 Å². The minimum atomic E-state index is 0.446. The second-order valence-corrected chi connectivity index (χ2v) is 6.00. The molecule has 2 rings (SSSR count). The molecule has 0 radical (unpaired) electrons. The zero-order valence-electron chi connectivity index (χ0n) is 11.0. The number of hydrogen-bond donors (Lipinski definition) is 1. The largest absolute Gasteiger partial charge is 0.330 e. The molecule has 1 fully saturated rings. The van der Waals surface area contributed by atoms with E-state index >= 15 is 0 Å². The topological polar surface area (TPSA) is 32.5 Å². The van der Waals surface area contributed by atoms with E-state index in [0.29, 0.717) is 12.5 Å². The standard InChI is InChI=1S/C14H22BrN3/c1-17-6-8-18(9-7-17)11-13(10-16)12-2-4-14(15)5-3-12/h2-5,13H,6-11,16H2,1H3. The number of nitrogens with zero attached hydrogens (tertiary/aromatic N) is 2. The van der Waals surface area contributed by atoms with Gasteiger partial charge >= 0.3 is 0 Å². The van der Waals surface area contributed by atoms with Gasteiger partial charge in [0.15, 0.2) is 0 Å². The molecule has 0 bridgehead atoms. The van der Waals surface area contributed by atoms with E-state index in [0.717, 1.165) is 37.2 Å². The van der Waals surface area contributed by atoms with E-state index in [9.17, 15) is 0 Å². The lowest BCUT2D eigenvalue weighted by atomic mass is 9.98. The molecule has 1 aromatic carbocycles. The summed E-state index contributed by atoms with van der Waals surface area (Å²) in [5, 5.41) is 0. The Morgan fingerprint density at radius 1 is 1.17 bits per heavy atom. The molecule has 1 aliphatic rings. The van der Waals surface area contributed by atoms with Crippen LogP contribution in [0.2, 0.25) is 0 Å². The molecular formula is C14H22BrN3. The number of rotatable bonds is 4. The first-order valence-corrected chi connectivity index (χ1v) is 7.35. The van der Waals surface area contributed by atoms with Crippen molar-refractivity contribution >= 4 is 15.9 Å². The van der Waals surface area contributed by atoms with Gasteiger partial charge in [0.25, 0.3) is 0 Å². The maximum absolute atomic E-state index is 5.94. The Labute approximate surface area is 118 Å². The fourth-order valence-electron chi connectivity index (χ4n) is 2.39. The second-order valence-electron chi connectivity index (χ2n) is 5.09. The zero-order valence-corrected chi connectivity index (χ0v) is 12.6. The molecule has 0 amide bonds. The molecule has 100 valence electrons. The number of likely N-dealkylation sites (N-methyl/N-ethyl adjacent to an activating group) is 1. The first kappa shape index (κ1) is 14.0. The first-order valence-electron chi connectivity index (χ1n) is 6.55. The highest BCUT2D eigenvalue weighted by atomic mass is 79.9. The lowest BCUT2D eigenvalue weighted by Crippen LogP contribution is -2.46. The lowest BCUT2D eigenvalue weighted by molar-refractivity contribution is 0.147. The summed E-state index contributed by atoms with van der Waals surface area (Å²) < 4.78 is 1.13. The smallest absolute Gasteiger partial charge is 0.0175 e. The number of hydrogen-bond acceptors (Lipinski definition) is 3. The number of nitrogens with two attached hydrogens (primary N) is 1.